The van der Waals surface area contributed by atoms with Gasteiger partial charge in [-0.2, -0.15) is 0 Å². The van der Waals surface area contributed by atoms with E-state index in [4.69, 9.17) is 9.15 Å². The maximum absolute atomic E-state index is 11.8. The summed E-state index contributed by atoms with van der Waals surface area (Å²) in [6.07, 6.45) is 2.66. The minimum Gasteiger partial charge on any atom is -0.458 e. The third-order valence-corrected chi connectivity index (χ3v) is 2.46. The van der Waals surface area contributed by atoms with Gasteiger partial charge in [-0.3, -0.25) is 4.79 Å². The standard InChI is InChI=1S/C11H14O3/c1-8-5-6-10(14-8)11(12)9-4-2-3-7-13-9/h5-6,9H,2-4,7H2,1H3. The van der Waals surface area contributed by atoms with E-state index in [-0.39, 0.29) is 11.9 Å². The summed E-state index contributed by atoms with van der Waals surface area (Å²) in [5, 5.41) is 0. The van der Waals surface area contributed by atoms with E-state index >= 15 is 0 Å². The summed E-state index contributed by atoms with van der Waals surface area (Å²) in [5.41, 5.74) is 0. The molecular weight excluding hydrogens is 180 g/mol. The van der Waals surface area contributed by atoms with Crippen LogP contribution in [0.15, 0.2) is 16.5 Å². The van der Waals surface area contributed by atoms with Crippen LogP contribution in [0.4, 0.5) is 0 Å². The normalized spacial score (nSPS) is 22.2. The van der Waals surface area contributed by atoms with E-state index in [9.17, 15) is 4.79 Å². The second-order valence-corrected chi connectivity index (χ2v) is 3.63. The average Bonchev–Trinajstić information content (AvgIpc) is 2.65. The SMILES string of the molecule is Cc1ccc(C(=O)C2CCCCO2)o1. The monoisotopic (exact) mass is 194 g/mol. The van der Waals surface area contributed by atoms with E-state index in [1.54, 1.807) is 12.1 Å². The van der Waals surface area contributed by atoms with Crippen LogP contribution < -0.4 is 0 Å². The molecule has 0 amide bonds. The predicted octanol–water partition coefficient (Wildman–Crippen LogP) is 2.34. The van der Waals surface area contributed by atoms with Crippen molar-refractivity contribution < 1.29 is 13.9 Å². The summed E-state index contributed by atoms with van der Waals surface area (Å²) in [7, 11) is 0. The van der Waals surface area contributed by atoms with Gasteiger partial charge in [-0.05, 0) is 38.3 Å². The van der Waals surface area contributed by atoms with Crippen LogP contribution in [-0.2, 0) is 4.74 Å². The molecule has 0 spiro atoms. The van der Waals surface area contributed by atoms with Crippen molar-refractivity contribution in [3.63, 3.8) is 0 Å². The Morgan fingerprint density at radius 2 is 2.29 bits per heavy atom. The lowest BCUT2D eigenvalue weighted by Crippen LogP contribution is -2.27. The first-order valence-corrected chi connectivity index (χ1v) is 4.99. The molecule has 1 aromatic heterocycles. The summed E-state index contributed by atoms with van der Waals surface area (Å²) in [6.45, 7) is 2.52. The van der Waals surface area contributed by atoms with Crippen molar-refractivity contribution >= 4 is 5.78 Å². The van der Waals surface area contributed by atoms with Gasteiger partial charge in [0.25, 0.3) is 0 Å². The number of aryl methyl sites for hydroxylation is 1. The molecule has 3 heteroatoms. The first-order valence-electron chi connectivity index (χ1n) is 4.99. The first-order chi connectivity index (χ1) is 6.77. The highest BCUT2D eigenvalue weighted by atomic mass is 16.5. The van der Waals surface area contributed by atoms with E-state index < -0.39 is 0 Å². The number of Topliss-reactive ketones (excluding diaryl/α,β-unsaturated/α-hetero) is 1. The molecule has 3 nitrogen and oxygen atoms in total. The molecular formula is C11H14O3. The average molecular weight is 194 g/mol. The molecule has 0 aliphatic carbocycles. The molecule has 76 valence electrons. The molecule has 14 heavy (non-hydrogen) atoms. The van der Waals surface area contributed by atoms with Crippen molar-refractivity contribution in [3.05, 3.63) is 23.7 Å². The number of hydrogen-bond acceptors (Lipinski definition) is 3. The van der Waals surface area contributed by atoms with Crippen LogP contribution in [-0.4, -0.2) is 18.5 Å². The number of carbonyl (C=O) groups excluding carboxylic acids is 1. The summed E-state index contributed by atoms with van der Waals surface area (Å²) in [4.78, 5) is 11.8. The highest BCUT2D eigenvalue weighted by Gasteiger charge is 2.25. The van der Waals surface area contributed by atoms with E-state index in [1.165, 1.54) is 0 Å². The lowest BCUT2D eigenvalue weighted by atomic mass is 10.0. The molecule has 1 aromatic rings. The number of hydrogen-bond donors (Lipinski definition) is 0. The van der Waals surface area contributed by atoms with Crippen molar-refractivity contribution in [1.82, 2.24) is 0 Å². The highest BCUT2D eigenvalue weighted by Crippen LogP contribution is 2.18. The summed E-state index contributed by atoms with van der Waals surface area (Å²) in [6, 6.07) is 3.52. The van der Waals surface area contributed by atoms with E-state index in [0.29, 0.717) is 12.4 Å². The van der Waals surface area contributed by atoms with Crippen molar-refractivity contribution in [3.8, 4) is 0 Å². The number of ketones is 1. The Bertz CT molecular complexity index is 321. The largest absolute Gasteiger partial charge is 0.458 e. The lowest BCUT2D eigenvalue weighted by Gasteiger charge is -2.20. The van der Waals surface area contributed by atoms with Gasteiger partial charge < -0.3 is 9.15 Å². The molecule has 0 aromatic carbocycles. The molecule has 1 unspecified atom stereocenters. The highest BCUT2D eigenvalue weighted by molar-refractivity contribution is 5.97. The van der Waals surface area contributed by atoms with Crippen LogP contribution >= 0.6 is 0 Å². The third kappa shape index (κ3) is 1.87. The van der Waals surface area contributed by atoms with E-state index in [2.05, 4.69) is 0 Å². The minimum atomic E-state index is -0.283. The van der Waals surface area contributed by atoms with Crippen molar-refractivity contribution in [2.75, 3.05) is 6.61 Å². The maximum Gasteiger partial charge on any atom is 0.226 e. The van der Waals surface area contributed by atoms with Gasteiger partial charge in [-0.25, -0.2) is 0 Å². The topological polar surface area (TPSA) is 39.4 Å². The second-order valence-electron chi connectivity index (χ2n) is 3.63. The smallest absolute Gasteiger partial charge is 0.226 e. The van der Waals surface area contributed by atoms with Gasteiger partial charge >= 0.3 is 0 Å². The van der Waals surface area contributed by atoms with Crippen molar-refractivity contribution in [2.45, 2.75) is 32.3 Å². The molecule has 2 heterocycles. The summed E-state index contributed by atoms with van der Waals surface area (Å²) < 4.78 is 10.7. The van der Waals surface area contributed by atoms with E-state index in [1.807, 2.05) is 6.92 Å². The maximum atomic E-state index is 11.8. The summed E-state index contributed by atoms with van der Waals surface area (Å²) in [5.74, 6) is 1.18. The van der Waals surface area contributed by atoms with Crippen LogP contribution in [0.2, 0.25) is 0 Å². The van der Waals surface area contributed by atoms with Gasteiger partial charge in [-0.1, -0.05) is 0 Å². The predicted molar refractivity (Wildman–Crippen MR) is 51.4 cm³/mol. The van der Waals surface area contributed by atoms with Gasteiger partial charge in [-0.15, -0.1) is 0 Å². The number of rotatable bonds is 2. The van der Waals surface area contributed by atoms with E-state index in [0.717, 1.165) is 25.0 Å². The Hall–Kier alpha value is -1.09. The fraction of sp³-hybridized carbons (Fsp3) is 0.545. The number of carbonyl (C=O) groups is 1. The molecule has 1 aliphatic rings. The van der Waals surface area contributed by atoms with Gasteiger partial charge in [0.05, 0.1) is 0 Å². The van der Waals surface area contributed by atoms with Crippen LogP contribution in [0.3, 0.4) is 0 Å². The number of ether oxygens (including phenoxy) is 1. The Balaban J connectivity index is 2.07. The fourth-order valence-electron chi connectivity index (χ4n) is 1.67. The fourth-order valence-corrected chi connectivity index (χ4v) is 1.67. The summed E-state index contributed by atoms with van der Waals surface area (Å²) >= 11 is 0. The Labute approximate surface area is 83.0 Å². The van der Waals surface area contributed by atoms with Crippen LogP contribution in [0.25, 0.3) is 0 Å². The molecule has 1 fully saturated rings. The molecule has 0 saturated carbocycles. The molecule has 2 rings (SSSR count). The molecule has 1 atom stereocenters. The van der Waals surface area contributed by atoms with Crippen LogP contribution in [0, 0.1) is 6.92 Å². The van der Waals surface area contributed by atoms with Crippen molar-refractivity contribution in [1.29, 1.82) is 0 Å². The Kier molecular flexibility index (Phi) is 2.68. The van der Waals surface area contributed by atoms with Gasteiger partial charge in [0.1, 0.15) is 11.9 Å². The molecule has 0 bridgehead atoms. The third-order valence-electron chi connectivity index (χ3n) is 2.46. The lowest BCUT2D eigenvalue weighted by molar-refractivity contribution is 0.0167. The minimum absolute atomic E-state index is 0.0159. The zero-order valence-electron chi connectivity index (χ0n) is 8.29. The molecule has 1 saturated heterocycles. The number of furan rings is 1. The van der Waals surface area contributed by atoms with Gasteiger partial charge in [0, 0.05) is 6.61 Å². The Morgan fingerprint density at radius 1 is 1.43 bits per heavy atom. The molecule has 1 aliphatic heterocycles. The molecule has 0 radical (unpaired) electrons. The first kappa shape index (κ1) is 9.46. The second kappa shape index (κ2) is 3.96. The van der Waals surface area contributed by atoms with Crippen LogP contribution in [0.1, 0.15) is 35.6 Å². The van der Waals surface area contributed by atoms with Crippen LogP contribution in [0.5, 0.6) is 0 Å². The zero-order valence-corrected chi connectivity index (χ0v) is 8.29. The van der Waals surface area contributed by atoms with Gasteiger partial charge in [0.2, 0.25) is 5.78 Å². The van der Waals surface area contributed by atoms with Crippen molar-refractivity contribution in [2.24, 2.45) is 0 Å². The Morgan fingerprint density at radius 3 is 2.86 bits per heavy atom. The quantitative estimate of drug-likeness (QED) is 0.678. The zero-order chi connectivity index (χ0) is 9.97. The van der Waals surface area contributed by atoms with Gasteiger partial charge in [0.15, 0.2) is 5.76 Å². The molecule has 0 N–H and O–H groups in total.